The van der Waals surface area contributed by atoms with Crippen LogP contribution in [0.15, 0.2) is 30.5 Å². The largest absolute Gasteiger partial charge is 0.464 e. The molecule has 2 N–H and O–H groups in total. The molecule has 0 fully saturated rings. The van der Waals surface area contributed by atoms with E-state index in [0.717, 1.165) is 12.1 Å². The molecule has 0 bridgehead atoms. The molecule has 0 aliphatic carbocycles. The van der Waals surface area contributed by atoms with Crippen LogP contribution in [-0.4, -0.2) is 17.6 Å². The SMILES string of the molecule is CCCCCCCCCCc1ccc(-n2cc(C#N)c(N)c2C(=O)OC)cc1. The minimum absolute atomic E-state index is 0.150. The Labute approximate surface area is 168 Å². The zero-order valence-electron chi connectivity index (χ0n) is 17.0. The number of anilines is 1. The van der Waals surface area contributed by atoms with Gasteiger partial charge in [0.1, 0.15) is 6.07 Å². The molecule has 0 aliphatic heterocycles. The Hall–Kier alpha value is -2.74. The van der Waals surface area contributed by atoms with E-state index in [0.29, 0.717) is 0 Å². The molecule has 0 amide bonds. The molecule has 1 aromatic heterocycles. The maximum absolute atomic E-state index is 12.1. The van der Waals surface area contributed by atoms with Gasteiger partial charge in [-0.05, 0) is 30.5 Å². The quantitative estimate of drug-likeness (QED) is 0.417. The monoisotopic (exact) mass is 381 g/mol. The van der Waals surface area contributed by atoms with Crippen molar-refractivity contribution in [1.82, 2.24) is 4.57 Å². The third-order valence-electron chi connectivity index (χ3n) is 5.08. The third-order valence-corrected chi connectivity index (χ3v) is 5.08. The number of nitrogen functional groups attached to an aromatic ring is 1. The van der Waals surface area contributed by atoms with E-state index in [-0.39, 0.29) is 16.9 Å². The van der Waals surface area contributed by atoms with Crippen LogP contribution in [0.3, 0.4) is 0 Å². The van der Waals surface area contributed by atoms with Crippen molar-refractivity contribution >= 4 is 11.7 Å². The Bertz CT molecular complexity index is 800. The van der Waals surface area contributed by atoms with Crippen molar-refractivity contribution in [2.75, 3.05) is 12.8 Å². The zero-order valence-corrected chi connectivity index (χ0v) is 17.0. The highest BCUT2D eigenvalue weighted by Gasteiger charge is 2.21. The summed E-state index contributed by atoms with van der Waals surface area (Å²) < 4.78 is 6.44. The number of methoxy groups -OCH3 is 1. The number of benzene rings is 1. The van der Waals surface area contributed by atoms with Gasteiger partial charge >= 0.3 is 5.97 Å². The fourth-order valence-electron chi connectivity index (χ4n) is 3.40. The van der Waals surface area contributed by atoms with Crippen LogP contribution in [-0.2, 0) is 11.2 Å². The standard InChI is InChI=1S/C23H31N3O2/c1-3-4-5-6-7-8-9-10-11-18-12-14-20(15-13-18)26-17-19(16-24)21(25)22(26)23(27)28-2/h12-15,17H,3-11,25H2,1-2H3. The molecule has 5 heteroatoms. The number of nitriles is 1. The summed E-state index contributed by atoms with van der Waals surface area (Å²) in [6, 6.07) is 10.1. The molecular formula is C23H31N3O2. The molecule has 2 rings (SSSR count). The van der Waals surface area contributed by atoms with Crippen LogP contribution in [0.2, 0.25) is 0 Å². The summed E-state index contributed by atoms with van der Waals surface area (Å²) in [6.07, 6.45) is 13.1. The first-order valence-corrected chi connectivity index (χ1v) is 10.2. The molecule has 28 heavy (non-hydrogen) atoms. The Kier molecular flexibility index (Phi) is 8.61. The molecule has 0 atom stereocenters. The lowest BCUT2D eigenvalue weighted by molar-refractivity contribution is 0.0593. The summed E-state index contributed by atoms with van der Waals surface area (Å²) in [5.41, 5.74) is 8.61. The third kappa shape index (κ3) is 5.63. The molecule has 0 saturated heterocycles. The smallest absolute Gasteiger partial charge is 0.357 e. The molecule has 0 unspecified atom stereocenters. The number of ether oxygens (including phenoxy) is 1. The summed E-state index contributed by atoms with van der Waals surface area (Å²) in [7, 11) is 1.30. The molecule has 1 heterocycles. The van der Waals surface area contributed by atoms with Crippen LogP contribution >= 0.6 is 0 Å². The lowest BCUT2D eigenvalue weighted by Crippen LogP contribution is -2.11. The fourth-order valence-corrected chi connectivity index (χ4v) is 3.40. The number of nitrogens with two attached hydrogens (primary N) is 1. The van der Waals surface area contributed by atoms with Gasteiger partial charge in [-0.3, -0.25) is 0 Å². The molecule has 5 nitrogen and oxygen atoms in total. The highest BCUT2D eigenvalue weighted by Crippen LogP contribution is 2.25. The minimum atomic E-state index is -0.554. The van der Waals surface area contributed by atoms with E-state index in [2.05, 4.69) is 19.1 Å². The van der Waals surface area contributed by atoms with Gasteiger partial charge < -0.3 is 15.0 Å². The van der Waals surface area contributed by atoms with E-state index in [1.165, 1.54) is 64.0 Å². The van der Waals surface area contributed by atoms with Crippen molar-refractivity contribution in [3.8, 4) is 11.8 Å². The Morgan fingerprint density at radius 1 is 1.07 bits per heavy atom. The van der Waals surface area contributed by atoms with Gasteiger partial charge in [0, 0.05) is 11.9 Å². The molecule has 0 spiro atoms. The number of aryl methyl sites for hydroxylation is 1. The summed E-state index contributed by atoms with van der Waals surface area (Å²) in [5.74, 6) is -0.554. The first-order chi connectivity index (χ1) is 13.6. The van der Waals surface area contributed by atoms with Crippen LogP contribution in [0.4, 0.5) is 5.69 Å². The van der Waals surface area contributed by atoms with Crippen LogP contribution in [0.5, 0.6) is 0 Å². The van der Waals surface area contributed by atoms with Crippen LogP contribution < -0.4 is 5.73 Å². The second kappa shape index (κ2) is 11.2. The maximum atomic E-state index is 12.1. The summed E-state index contributed by atoms with van der Waals surface area (Å²) in [6.45, 7) is 2.25. The number of aromatic nitrogens is 1. The average Bonchev–Trinajstić information content (AvgIpc) is 3.06. The van der Waals surface area contributed by atoms with Crippen molar-refractivity contribution in [3.63, 3.8) is 0 Å². The van der Waals surface area contributed by atoms with E-state index in [1.807, 2.05) is 18.2 Å². The first kappa shape index (κ1) is 21.6. The van der Waals surface area contributed by atoms with Crippen LogP contribution in [0.1, 0.15) is 79.9 Å². The van der Waals surface area contributed by atoms with E-state index >= 15 is 0 Å². The summed E-state index contributed by atoms with van der Waals surface area (Å²) in [5, 5.41) is 9.21. The molecular weight excluding hydrogens is 350 g/mol. The summed E-state index contributed by atoms with van der Waals surface area (Å²) >= 11 is 0. The lowest BCUT2D eigenvalue weighted by Gasteiger charge is -2.09. The molecule has 1 aromatic carbocycles. The predicted octanol–water partition coefficient (Wildman–Crippen LogP) is 5.40. The number of carbonyl (C=O) groups is 1. The number of unbranched alkanes of at least 4 members (excludes halogenated alkanes) is 7. The molecule has 0 saturated carbocycles. The van der Waals surface area contributed by atoms with Crippen molar-refractivity contribution in [1.29, 1.82) is 5.26 Å². The molecule has 2 aromatic rings. The van der Waals surface area contributed by atoms with Gasteiger partial charge in [0.25, 0.3) is 0 Å². The van der Waals surface area contributed by atoms with Gasteiger partial charge in [0.15, 0.2) is 5.69 Å². The molecule has 0 radical (unpaired) electrons. The van der Waals surface area contributed by atoms with E-state index in [4.69, 9.17) is 10.5 Å². The molecule has 150 valence electrons. The second-order valence-corrected chi connectivity index (χ2v) is 7.17. The summed E-state index contributed by atoms with van der Waals surface area (Å²) in [4.78, 5) is 12.1. The average molecular weight is 382 g/mol. The van der Waals surface area contributed by atoms with Gasteiger partial charge in [0.2, 0.25) is 0 Å². The fraction of sp³-hybridized carbons (Fsp3) is 0.478. The van der Waals surface area contributed by atoms with Crippen LogP contribution in [0.25, 0.3) is 5.69 Å². The van der Waals surface area contributed by atoms with Crippen molar-refractivity contribution in [3.05, 3.63) is 47.3 Å². The number of nitrogens with zero attached hydrogens (tertiary/aromatic N) is 2. The van der Waals surface area contributed by atoms with Gasteiger partial charge in [0.05, 0.1) is 18.4 Å². The number of esters is 1. The predicted molar refractivity (Wildman–Crippen MR) is 113 cm³/mol. The number of carbonyl (C=O) groups excluding carboxylic acids is 1. The second-order valence-electron chi connectivity index (χ2n) is 7.17. The van der Waals surface area contributed by atoms with Crippen molar-refractivity contribution in [2.24, 2.45) is 0 Å². The van der Waals surface area contributed by atoms with Crippen molar-refractivity contribution in [2.45, 2.75) is 64.7 Å². The van der Waals surface area contributed by atoms with Gasteiger partial charge in [-0.2, -0.15) is 5.26 Å². The van der Waals surface area contributed by atoms with Crippen LogP contribution in [0, 0.1) is 11.3 Å². The van der Waals surface area contributed by atoms with Gasteiger partial charge in [-0.25, -0.2) is 4.79 Å². The maximum Gasteiger partial charge on any atom is 0.357 e. The highest BCUT2D eigenvalue weighted by molar-refractivity contribution is 5.95. The Morgan fingerprint density at radius 2 is 1.68 bits per heavy atom. The van der Waals surface area contributed by atoms with Gasteiger partial charge in [-0.1, -0.05) is 64.0 Å². The zero-order chi connectivity index (χ0) is 20.4. The normalized spacial score (nSPS) is 10.6. The highest BCUT2D eigenvalue weighted by atomic mass is 16.5. The van der Waals surface area contributed by atoms with Crippen molar-refractivity contribution < 1.29 is 9.53 Å². The van der Waals surface area contributed by atoms with E-state index in [9.17, 15) is 10.1 Å². The topological polar surface area (TPSA) is 81.0 Å². The minimum Gasteiger partial charge on any atom is -0.464 e. The first-order valence-electron chi connectivity index (χ1n) is 10.2. The number of hydrogen-bond acceptors (Lipinski definition) is 4. The Morgan fingerprint density at radius 3 is 2.25 bits per heavy atom. The number of rotatable bonds is 11. The van der Waals surface area contributed by atoms with E-state index < -0.39 is 5.97 Å². The number of hydrogen-bond donors (Lipinski definition) is 1. The molecule has 0 aliphatic rings. The van der Waals surface area contributed by atoms with Gasteiger partial charge in [-0.15, -0.1) is 0 Å². The Balaban J connectivity index is 1.94. The van der Waals surface area contributed by atoms with E-state index in [1.54, 1.807) is 10.8 Å². The lowest BCUT2D eigenvalue weighted by atomic mass is 10.0.